The monoisotopic (exact) mass is 343 g/mol. The molecule has 25 heavy (non-hydrogen) atoms. The van der Waals surface area contributed by atoms with Crippen LogP contribution in [0.3, 0.4) is 0 Å². The first-order chi connectivity index (χ1) is 11.8. The van der Waals surface area contributed by atoms with Crippen molar-refractivity contribution < 1.29 is 13.2 Å². The Morgan fingerprint density at radius 2 is 1.92 bits per heavy atom. The summed E-state index contributed by atoms with van der Waals surface area (Å²) in [4.78, 5) is 7.99. The summed E-state index contributed by atoms with van der Waals surface area (Å²) in [5.41, 5.74) is 5.99. The number of benzene rings is 1. The summed E-state index contributed by atoms with van der Waals surface area (Å²) in [6.07, 6.45) is -1.50. The number of aromatic nitrogens is 3. The first-order valence-electron chi connectivity index (χ1n) is 7.17. The average molecular weight is 343 g/mol. The minimum absolute atomic E-state index is 0.0422. The molecule has 0 fully saturated rings. The summed E-state index contributed by atoms with van der Waals surface area (Å²) in [5, 5.41) is 9.35. The molecule has 2 N–H and O–H groups in total. The molecule has 0 saturated heterocycles. The molecule has 0 radical (unpaired) electrons. The van der Waals surface area contributed by atoms with E-state index in [1.54, 1.807) is 11.6 Å². The Kier molecular flexibility index (Phi) is 3.93. The van der Waals surface area contributed by atoms with Gasteiger partial charge in [-0.15, -0.1) is 0 Å². The van der Waals surface area contributed by atoms with Gasteiger partial charge in [0.1, 0.15) is 17.5 Å². The Labute approximate surface area is 141 Å². The van der Waals surface area contributed by atoms with Crippen LogP contribution < -0.4 is 5.73 Å². The van der Waals surface area contributed by atoms with Crippen LogP contribution in [0.2, 0.25) is 0 Å². The Morgan fingerprint density at radius 1 is 1.20 bits per heavy atom. The molecule has 5 nitrogen and oxygen atoms in total. The fourth-order valence-corrected chi connectivity index (χ4v) is 2.59. The number of nitriles is 1. The number of nitrogens with zero attached hydrogens (tertiary/aromatic N) is 4. The number of alkyl halides is 3. The number of nitrogens with two attached hydrogens (primary N) is 1. The van der Waals surface area contributed by atoms with Crippen molar-refractivity contribution in [2.24, 2.45) is 7.05 Å². The third-order valence-corrected chi connectivity index (χ3v) is 3.76. The predicted octanol–water partition coefficient (Wildman–Crippen LogP) is 3.62. The van der Waals surface area contributed by atoms with Crippen LogP contribution in [0.1, 0.15) is 11.1 Å². The minimum atomic E-state index is -4.53. The number of anilines is 1. The lowest BCUT2D eigenvalue weighted by molar-refractivity contribution is -0.137. The van der Waals surface area contributed by atoms with E-state index in [9.17, 15) is 18.4 Å². The molecule has 3 aromatic rings. The fourth-order valence-electron chi connectivity index (χ4n) is 2.59. The standard InChI is InChI=1S/C17H12F3N5/c1-25-9-23-8-15(25)11-6-14(24-16(22)12(11)7-21)10-4-2-3-5-13(10)17(18,19)20/h2-6,8-9H,1H3,(H2,22,24). The number of pyridine rings is 1. The summed E-state index contributed by atoms with van der Waals surface area (Å²) in [5.74, 6) is -0.131. The molecule has 2 aromatic heterocycles. The minimum Gasteiger partial charge on any atom is -0.383 e. The van der Waals surface area contributed by atoms with E-state index in [1.807, 2.05) is 6.07 Å². The number of hydrogen-bond donors (Lipinski definition) is 1. The molecule has 126 valence electrons. The second-order valence-electron chi connectivity index (χ2n) is 5.36. The molecule has 0 amide bonds. The Bertz CT molecular complexity index is 983. The summed E-state index contributed by atoms with van der Waals surface area (Å²) < 4.78 is 41.5. The van der Waals surface area contributed by atoms with Crippen LogP contribution in [0.4, 0.5) is 19.0 Å². The number of halogens is 3. The largest absolute Gasteiger partial charge is 0.417 e. The van der Waals surface area contributed by atoms with Gasteiger partial charge in [0.2, 0.25) is 0 Å². The van der Waals surface area contributed by atoms with Crippen molar-refractivity contribution in [1.82, 2.24) is 14.5 Å². The molecule has 0 aliphatic carbocycles. The van der Waals surface area contributed by atoms with Gasteiger partial charge in [0.15, 0.2) is 0 Å². The highest BCUT2D eigenvalue weighted by Gasteiger charge is 2.34. The van der Waals surface area contributed by atoms with E-state index in [1.165, 1.54) is 36.8 Å². The molecule has 0 spiro atoms. The summed E-state index contributed by atoms with van der Waals surface area (Å²) in [7, 11) is 1.71. The van der Waals surface area contributed by atoms with E-state index in [-0.39, 0.29) is 22.6 Å². The highest BCUT2D eigenvalue weighted by atomic mass is 19.4. The highest BCUT2D eigenvalue weighted by molar-refractivity contribution is 5.79. The second kappa shape index (κ2) is 5.94. The van der Waals surface area contributed by atoms with Gasteiger partial charge in [0.05, 0.1) is 29.5 Å². The van der Waals surface area contributed by atoms with Crippen molar-refractivity contribution >= 4 is 5.82 Å². The van der Waals surface area contributed by atoms with Gasteiger partial charge in [0, 0.05) is 18.2 Å². The van der Waals surface area contributed by atoms with E-state index >= 15 is 0 Å². The average Bonchev–Trinajstić information content (AvgIpc) is 2.99. The van der Waals surface area contributed by atoms with Gasteiger partial charge in [-0.25, -0.2) is 9.97 Å². The maximum absolute atomic E-state index is 13.3. The van der Waals surface area contributed by atoms with Gasteiger partial charge in [-0.05, 0) is 12.1 Å². The molecular weight excluding hydrogens is 331 g/mol. The summed E-state index contributed by atoms with van der Waals surface area (Å²) in [6, 6.07) is 8.48. The SMILES string of the molecule is Cn1cncc1-c1cc(-c2ccccc2C(F)(F)F)nc(N)c1C#N. The summed E-state index contributed by atoms with van der Waals surface area (Å²) >= 11 is 0. The Morgan fingerprint density at radius 3 is 2.52 bits per heavy atom. The molecule has 2 heterocycles. The van der Waals surface area contributed by atoms with E-state index in [2.05, 4.69) is 9.97 Å². The number of aryl methyl sites for hydroxylation is 1. The maximum atomic E-state index is 13.3. The molecule has 3 rings (SSSR count). The molecule has 0 aliphatic heterocycles. The highest BCUT2D eigenvalue weighted by Crippen LogP contribution is 2.38. The van der Waals surface area contributed by atoms with Crippen LogP contribution >= 0.6 is 0 Å². The molecule has 8 heteroatoms. The van der Waals surface area contributed by atoms with Gasteiger partial charge in [-0.1, -0.05) is 18.2 Å². The summed E-state index contributed by atoms with van der Waals surface area (Å²) in [6.45, 7) is 0. The molecule has 0 unspecified atom stereocenters. The van der Waals surface area contributed by atoms with Crippen molar-refractivity contribution in [3.63, 3.8) is 0 Å². The van der Waals surface area contributed by atoms with Crippen molar-refractivity contribution in [1.29, 1.82) is 5.26 Å². The number of rotatable bonds is 2. The maximum Gasteiger partial charge on any atom is 0.417 e. The van der Waals surface area contributed by atoms with Crippen LogP contribution in [-0.4, -0.2) is 14.5 Å². The normalized spacial score (nSPS) is 11.3. The molecular formula is C17H12F3N5. The van der Waals surface area contributed by atoms with Gasteiger partial charge >= 0.3 is 6.18 Å². The smallest absolute Gasteiger partial charge is 0.383 e. The van der Waals surface area contributed by atoms with Crippen LogP contribution in [0.5, 0.6) is 0 Å². The van der Waals surface area contributed by atoms with Crippen LogP contribution in [-0.2, 0) is 13.2 Å². The van der Waals surface area contributed by atoms with Crippen molar-refractivity contribution in [2.45, 2.75) is 6.18 Å². The lowest BCUT2D eigenvalue weighted by Crippen LogP contribution is -2.08. The van der Waals surface area contributed by atoms with Crippen molar-refractivity contribution in [3.05, 3.63) is 54.0 Å². The number of imidazole rings is 1. The van der Waals surface area contributed by atoms with Gasteiger partial charge in [-0.3, -0.25) is 0 Å². The van der Waals surface area contributed by atoms with Crippen molar-refractivity contribution in [3.8, 4) is 28.6 Å². The molecule has 0 atom stereocenters. The lowest BCUT2D eigenvalue weighted by atomic mass is 9.99. The fraction of sp³-hybridized carbons (Fsp3) is 0.118. The zero-order chi connectivity index (χ0) is 18.2. The van der Waals surface area contributed by atoms with Gasteiger partial charge in [0.25, 0.3) is 0 Å². The molecule has 0 saturated carbocycles. The molecule has 1 aromatic carbocycles. The zero-order valence-electron chi connectivity index (χ0n) is 13.0. The van der Waals surface area contributed by atoms with E-state index in [0.29, 0.717) is 11.3 Å². The van der Waals surface area contributed by atoms with Crippen molar-refractivity contribution in [2.75, 3.05) is 5.73 Å². The second-order valence-corrected chi connectivity index (χ2v) is 5.36. The van der Waals surface area contributed by atoms with E-state index in [0.717, 1.165) is 6.07 Å². The molecule has 0 aliphatic rings. The van der Waals surface area contributed by atoms with Gasteiger partial charge < -0.3 is 10.3 Å². The third kappa shape index (κ3) is 2.92. The van der Waals surface area contributed by atoms with E-state index < -0.39 is 11.7 Å². The number of nitrogen functional groups attached to an aromatic ring is 1. The third-order valence-electron chi connectivity index (χ3n) is 3.76. The lowest BCUT2D eigenvalue weighted by Gasteiger charge is -2.14. The van der Waals surface area contributed by atoms with E-state index in [4.69, 9.17) is 5.73 Å². The zero-order valence-corrected chi connectivity index (χ0v) is 13.0. The number of hydrogen-bond acceptors (Lipinski definition) is 4. The van der Waals surface area contributed by atoms with Crippen LogP contribution in [0.15, 0.2) is 42.9 Å². The quantitative estimate of drug-likeness (QED) is 0.770. The van der Waals surface area contributed by atoms with Gasteiger partial charge in [-0.2, -0.15) is 18.4 Å². The Hall–Kier alpha value is -3.34. The van der Waals surface area contributed by atoms with Crippen LogP contribution in [0.25, 0.3) is 22.5 Å². The Balaban J connectivity index is 2.30. The first kappa shape index (κ1) is 16.5. The first-order valence-corrected chi connectivity index (χ1v) is 7.17. The van der Waals surface area contributed by atoms with Crippen LogP contribution in [0, 0.1) is 11.3 Å². The predicted molar refractivity (Wildman–Crippen MR) is 86.0 cm³/mol. The topological polar surface area (TPSA) is 80.5 Å². The molecule has 0 bridgehead atoms.